The van der Waals surface area contributed by atoms with Crippen molar-refractivity contribution in [2.75, 3.05) is 31.5 Å². The lowest BCUT2D eigenvalue weighted by Crippen LogP contribution is -2.42. The third-order valence-corrected chi connectivity index (χ3v) is 3.48. The molecule has 3 N–H and O–H groups in total. The van der Waals surface area contributed by atoms with Crippen LogP contribution in [0.25, 0.3) is 0 Å². The topological polar surface area (TPSA) is 71.2 Å². The first kappa shape index (κ1) is 17.1. The monoisotopic (exact) mass is 342 g/mol. The number of pyridine rings is 1. The Labute approximate surface area is 129 Å². The first-order chi connectivity index (χ1) is 9.36. The van der Waals surface area contributed by atoms with Gasteiger partial charge in [0.05, 0.1) is 6.54 Å². The lowest BCUT2D eigenvalue weighted by molar-refractivity contribution is -0.117. The Morgan fingerprint density at radius 1 is 1.50 bits per heavy atom. The number of carbonyl (C=O) groups excluding carboxylic acids is 1. The fourth-order valence-corrected chi connectivity index (χ4v) is 2.02. The molecular formula is C14H23BrN4O. The first-order valence-corrected chi connectivity index (χ1v) is 7.49. The van der Waals surface area contributed by atoms with Gasteiger partial charge in [-0.15, -0.1) is 0 Å². The van der Waals surface area contributed by atoms with Gasteiger partial charge in [-0.2, -0.15) is 0 Å². The Balaban J connectivity index is 2.53. The van der Waals surface area contributed by atoms with Crippen LogP contribution in [0.1, 0.15) is 20.8 Å². The van der Waals surface area contributed by atoms with Crippen LogP contribution in [0.4, 0.5) is 5.82 Å². The van der Waals surface area contributed by atoms with E-state index in [1.54, 1.807) is 12.3 Å². The molecule has 0 aromatic carbocycles. The molecule has 0 fully saturated rings. The highest BCUT2D eigenvalue weighted by Gasteiger charge is 2.20. The van der Waals surface area contributed by atoms with Crippen LogP contribution < -0.4 is 11.1 Å². The van der Waals surface area contributed by atoms with Gasteiger partial charge in [-0.25, -0.2) is 4.98 Å². The SMILES string of the molecule is CCN(CC(=O)Nc1ccc(Br)cn1)CC(C)(C)CN. The summed E-state index contributed by atoms with van der Waals surface area (Å²) >= 11 is 3.31. The lowest BCUT2D eigenvalue weighted by atomic mass is 9.93. The van der Waals surface area contributed by atoms with Gasteiger partial charge in [0.2, 0.25) is 5.91 Å². The van der Waals surface area contributed by atoms with Crippen molar-refractivity contribution < 1.29 is 4.79 Å². The number of halogens is 1. The van der Waals surface area contributed by atoms with Crippen LogP contribution in [0.5, 0.6) is 0 Å². The van der Waals surface area contributed by atoms with E-state index < -0.39 is 0 Å². The summed E-state index contributed by atoms with van der Waals surface area (Å²) in [6.45, 7) is 8.79. The molecule has 5 nitrogen and oxygen atoms in total. The van der Waals surface area contributed by atoms with Crippen molar-refractivity contribution in [1.29, 1.82) is 0 Å². The first-order valence-electron chi connectivity index (χ1n) is 6.70. The predicted molar refractivity (Wildman–Crippen MR) is 85.5 cm³/mol. The minimum Gasteiger partial charge on any atom is -0.330 e. The van der Waals surface area contributed by atoms with E-state index in [4.69, 9.17) is 5.73 Å². The summed E-state index contributed by atoms with van der Waals surface area (Å²) in [5.41, 5.74) is 5.74. The van der Waals surface area contributed by atoms with E-state index in [-0.39, 0.29) is 11.3 Å². The van der Waals surface area contributed by atoms with Gasteiger partial charge in [-0.3, -0.25) is 9.69 Å². The highest BCUT2D eigenvalue weighted by Crippen LogP contribution is 2.15. The van der Waals surface area contributed by atoms with Crippen molar-refractivity contribution in [3.05, 3.63) is 22.8 Å². The van der Waals surface area contributed by atoms with Crippen LogP contribution in [0.3, 0.4) is 0 Å². The summed E-state index contributed by atoms with van der Waals surface area (Å²) in [7, 11) is 0. The van der Waals surface area contributed by atoms with Gasteiger partial charge in [0.15, 0.2) is 0 Å². The van der Waals surface area contributed by atoms with E-state index in [1.807, 2.05) is 13.0 Å². The standard InChI is InChI=1S/C14H23BrN4O/c1-4-19(10-14(2,3)9-16)8-13(20)18-12-6-5-11(15)7-17-12/h5-7H,4,8-10,16H2,1-3H3,(H,17,18,20). The number of rotatable bonds is 7. The number of aromatic nitrogens is 1. The van der Waals surface area contributed by atoms with E-state index in [1.165, 1.54) is 0 Å². The van der Waals surface area contributed by atoms with Gasteiger partial charge in [-0.05, 0) is 46.6 Å². The quantitative estimate of drug-likeness (QED) is 0.795. The molecule has 0 saturated carbocycles. The van der Waals surface area contributed by atoms with E-state index in [0.717, 1.165) is 17.6 Å². The molecule has 0 spiro atoms. The van der Waals surface area contributed by atoms with Crippen LogP contribution in [-0.2, 0) is 4.79 Å². The highest BCUT2D eigenvalue weighted by atomic mass is 79.9. The number of amides is 1. The van der Waals surface area contributed by atoms with Crippen molar-refractivity contribution in [2.24, 2.45) is 11.1 Å². The summed E-state index contributed by atoms with van der Waals surface area (Å²) in [5.74, 6) is 0.502. The van der Waals surface area contributed by atoms with E-state index in [9.17, 15) is 4.79 Å². The van der Waals surface area contributed by atoms with Crippen LogP contribution in [0.2, 0.25) is 0 Å². The Morgan fingerprint density at radius 3 is 2.70 bits per heavy atom. The number of likely N-dealkylation sites (N-methyl/N-ethyl adjacent to an activating group) is 1. The molecule has 1 amide bonds. The Morgan fingerprint density at radius 2 is 2.20 bits per heavy atom. The Hall–Kier alpha value is -0.980. The minimum atomic E-state index is -0.0607. The molecule has 0 aliphatic heterocycles. The zero-order chi connectivity index (χ0) is 15.2. The zero-order valence-electron chi connectivity index (χ0n) is 12.3. The Kier molecular flexibility index (Phi) is 6.58. The van der Waals surface area contributed by atoms with Crippen molar-refractivity contribution in [3.8, 4) is 0 Å². The summed E-state index contributed by atoms with van der Waals surface area (Å²) in [6, 6.07) is 3.61. The van der Waals surface area contributed by atoms with Gasteiger partial charge in [-0.1, -0.05) is 20.8 Å². The molecule has 0 aliphatic rings. The van der Waals surface area contributed by atoms with Gasteiger partial charge in [0.25, 0.3) is 0 Å². The lowest BCUT2D eigenvalue weighted by Gasteiger charge is -2.30. The molecule has 1 rings (SSSR count). The average molecular weight is 343 g/mol. The molecule has 1 heterocycles. The molecule has 20 heavy (non-hydrogen) atoms. The number of hydrogen-bond donors (Lipinski definition) is 2. The van der Waals surface area contributed by atoms with Gasteiger partial charge < -0.3 is 11.1 Å². The van der Waals surface area contributed by atoms with Gasteiger partial charge in [0, 0.05) is 17.2 Å². The Bertz CT molecular complexity index is 433. The normalized spacial score (nSPS) is 11.7. The second-order valence-electron chi connectivity index (χ2n) is 5.58. The number of hydrogen-bond acceptors (Lipinski definition) is 4. The third kappa shape index (κ3) is 5.98. The maximum absolute atomic E-state index is 12.0. The van der Waals surface area contributed by atoms with E-state index in [0.29, 0.717) is 18.9 Å². The van der Waals surface area contributed by atoms with Gasteiger partial charge in [0.1, 0.15) is 5.82 Å². The van der Waals surface area contributed by atoms with Crippen molar-refractivity contribution in [1.82, 2.24) is 9.88 Å². The molecule has 0 atom stereocenters. The van der Waals surface area contributed by atoms with Gasteiger partial charge >= 0.3 is 0 Å². The van der Waals surface area contributed by atoms with Crippen molar-refractivity contribution in [3.63, 3.8) is 0 Å². The van der Waals surface area contributed by atoms with Crippen LogP contribution >= 0.6 is 15.9 Å². The molecule has 1 aromatic heterocycles. The van der Waals surface area contributed by atoms with Crippen molar-refractivity contribution in [2.45, 2.75) is 20.8 Å². The second kappa shape index (κ2) is 7.71. The second-order valence-corrected chi connectivity index (χ2v) is 6.50. The molecule has 0 radical (unpaired) electrons. The molecule has 112 valence electrons. The largest absolute Gasteiger partial charge is 0.330 e. The predicted octanol–water partition coefficient (Wildman–Crippen LogP) is 2.09. The summed E-state index contributed by atoms with van der Waals surface area (Å²) < 4.78 is 0.885. The number of carbonyl (C=O) groups is 1. The molecular weight excluding hydrogens is 320 g/mol. The van der Waals surface area contributed by atoms with Crippen LogP contribution in [-0.4, -0.2) is 42.0 Å². The summed E-state index contributed by atoms with van der Waals surface area (Å²) in [5, 5.41) is 2.79. The summed E-state index contributed by atoms with van der Waals surface area (Å²) in [4.78, 5) is 18.2. The van der Waals surface area contributed by atoms with E-state index >= 15 is 0 Å². The summed E-state index contributed by atoms with van der Waals surface area (Å²) in [6.07, 6.45) is 1.66. The number of nitrogens with one attached hydrogen (secondary N) is 1. The highest BCUT2D eigenvalue weighted by molar-refractivity contribution is 9.10. The molecule has 1 aromatic rings. The molecule has 0 saturated heterocycles. The zero-order valence-corrected chi connectivity index (χ0v) is 13.9. The fourth-order valence-electron chi connectivity index (χ4n) is 1.78. The minimum absolute atomic E-state index is 0.00610. The van der Waals surface area contributed by atoms with Crippen LogP contribution in [0.15, 0.2) is 22.8 Å². The van der Waals surface area contributed by atoms with Crippen LogP contribution in [0, 0.1) is 5.41 Å². The van der Waals surface area contributed by atoms with E-state index in [2.05, 4.69) is 45.0 Å². The number of nitrogens with two attached hydrogens (primary N) is 1. The third-order valence-electron chi connectivity index (χ3n) is 3.01. The van der Waals surface area contributed by atoms with Crippen molar-refractivity contribution >= 4 is 27.7 Å². The smallest absolute Gasteiger partial charge is 0.239 e. The number of anilines is 1. The molecule has 0 unspecified atom stereocenters. The maximum Gasteiger partial charge on any atom is 0.239 e. The molecule has 0 aliphatic carbocycles. The molecule has 6 heteroatoms. The maximum atomic E-state index is 12.0. The average Bonchev–Trinajstić information content (AvgIpc) is 2.40. The molecule has 0 bridgehead atoms. The fraction of sp³-hybridized carbons (Fsp3) is 0.571. The number of nitrogens with zero attached hydrogens (tertiary/aromatic N) is 2.